The number of hydrogen-bond donors (Lipinski definition) is 2. The lowest BCUT2D eigenvalue weighted by Gasteiger charge is -2.35. The standard InChI is InChI=1S/C27H27FN6O2S2/c1-7-37-26(29-5)33-25(35)18-12-11-15(2)19(13-18)22-20-14-30-17(4)34(23-16(3)9-8-10-21(23)28)24(20)32-27(31-22)38(6)36/h7-13,30H,1,4,14H2,2-3,5-6H3,(H,29,33,35). The van der Waals surface area contributed by atoms with Crippen LogP contribution in [0.5, 0.6) is 0 Å². The lowest BCUT2D eigenvalue weighted by molar-refractivity contribution is 0.0978. The summed E-state index contributed by atoms with van der Waals surface area (Å²) in [6.45, 7) is 11.7. The molecule has 1 aliphatic rings. The quantitative estimate of drug-likeness (QED) is 0.264. The molecule has 0 aliphatic carbocycles. The fourth-order valence-corrected chi connectivity index (χ4v) is 4.95. The number of nitrogens with zero attached hydrogens (tertiary/aromatic N) is 4. The summed E-state index contributed by atoms with van der Waals surface area (Å²) in [6, 6.07) is 10.1. The Hall–Kier alpha value is -3.83. The SMILES string of the molecule is C=CSC(=NC)NC(=O)c1ccc(C)c(-c2nc(S(C)=O)nc3c2CNC(=C)N3c2c(C)cccc2F)c1. The van der Waals surface area contributed by atoms with Crippen LogP contribution < -0.4 is 15.5 Å². The molecule has 1 amide bonds. The van der Waals surface area contributed by atoms with Crippen molar-refractivity contribution < 1.29 is 13.4 Å². The van der Waals surface area contributed by atoms with Crippen molar-refractivity contribution in [3.63, 3.8) is 0 Å². The van der Waals surface area contributed by atoms with E-state index in [1.165, 1.54) is 24.1 Å². The lowest BCUT2D eigenvalue weighted by atomic mass is 9.97. The number of aliphatic imine (C=N–C) groups is 1. The maximum atomic E-state index is 15.1. The Kier molecular flexibility index (Phi) is 8.08. The first-order valence-corrected chi connectivity index (χ1v) is 14.0. The van der Waals surface area contributed by atoms with Crippen LogP contribution in [0, 0.1) is 19.7 Å². The van der Waals surface area contributed by atoms with Crippen LogP contribution in [-0.2, 0) is 17.3 Å². The van der Waals surface area contributed by atoms with Crippen LogP contribution in [-0.4, -0.2) is 38.6 Å². The third-order valence-corrected chi connectivity index (χ3v) is 7.33. The van der Waals surface area contributed by atoms with Gasteiger partial charge < -0.3 is 10.6 Å². The zero-order chi connectivity index (χ0) is 27.6. The van der Waals surface area contributed by atoms with E-state index >= 15 is 4.39 Å². The van der Waals surface area contributed by atoms with Crippen molar-refractivity contribution in [3.05, 3.63) is 88.9 Å². The maximum absolute atomic E-state index is 15.1. The highest BCUT2D eigenvalue weighted by molar-refractivity contribution is 8.16. The maximum Gasteiger partial charge on any atom is 0.257 e. The fraction of sp³-hybridized carbons (Fsp3) is 0.185. The average Bonchev–Trinajstić information content (AvgIpc) is 2.88. The van der Waals surface area contributed by atoms with E-state index in [4.69, 9.17) is 0 Å². The van der Waals surface area contributed by atoms with Crippen LogP contribution in [0.25, 0.3) is 11.3 Å². The molecule has 0 saturated heterocycles. The van der Waals surface area contributed by atoms with Crippen molar-refractivity contribution in [1.82, 2.24) is 20.6 Å². The molecule has 1 unspecified atom stereocenters. The normalized spacial score (nSPS) is 14.0. The molecule has 38 heavy (non-hydrogen) atoms. The van der Waals surface area contributed by atoms with E-state index in [0.717, 1.165) is 5.56 Å². The van der Waals surface area contributed by atoms with Crippen molar-refractivity contribution in [2.75, 3.05) is 18.2 Å². The van der Waals surface area contributed by atoms with Crippen LogP contribution in [0.15, 0.2) is 70.9 Å². The minimum atomic E-state index is -1.54. The largest absolute Gasteiger partial charge is 0.367 e. The summed E-state index contributed by atoms with van der Waals surface area (Å²) >= 11 is 1.20. The molecule has 1 atom stereocenters. The molecule has 2 aromatic carbocycles. The first-order valence-electron chi connectivity index (χ1n) is 11.5. The number of thioether (sulfide) groups is 1. The van der Waals surface area contributed by atoms with Gasteiger partial charge in [0.1, 0.15) is 17.5 Å². The van der Waals surface area contributed by atoms with Crippen molar-refractivity contribution in [3.8, 4) is 11.3 Å². The van der Waals surface area contributed by atoms with Crippen molar-refractivity contribution in [2.24, 2.45) is 4.99 Å². The Morgan fingerprint density at radius 1 is 1.26 bits per heavy atom. The molecule has 0 saturated carbocycles. The average molecular weight is 551 g/mol. The summed E-state index contributed by atoms with van der Waals surface area (Å²) in [5, 5.41) is 8.05. The Labute approximate surface area is 227 Å². The van der Waals surface area contributed by atoms with E-state index < -0.39 is 16.6 Å². The molecule has 196 valence electrons. The fourth-order valence-electron chi connectivity index (χ4n) is 4.10. The smallest absolute Gasteiger partial charge is 0.257 e. The Morgan fingerprint density at radius 2 is 2.03 bits per heavy atom. The summed E-state index contributed by atoms with van der Waals surface area (Å²) < 4.78 is 27.7. The third kappa shape index (κ3) is 5.25. The molecule has 2 heterocycles. The van der Waals surface area contributed by atoms with E-state index in [2.05, 4.69) is 38.8 Å². The van der Waals surface area contributed by atoms with E-state index in [9.17, 15) is 9.00 Å². The van der Waals surface area contributed by atoms with Crippen LogP contribution in [0.1, 0.15) is 27.0 Å². The van der Waals surface area contributed by atoms with Crippen molar-refractivity contribution in [1.29, 1.82) is 0 Å². The van der Waals surface area contributed by atoms with Crippen LogP contribution in [0.4, 0.5) is 15.9 Å². The summed E-state index contributed by atoms with van der Waals surface area (Å²) in [4.78, 5) is 27.9. The molecule has 0 fully saturated rings. The molecule has 1 aliphatic heterocycles. The summed E-state index contributed by atoms with van der Waals surface area (Å²) in [7, 11) is 0.0431. The lowest BCUT2D eigenvalue weighted by Crippen LogP contribution is -2.35. The Bertz CT molecular complexity index is 1500. The highest BCUT2D eigenvalue weighted by atomic mass is 32.2. The first kappa shape index (κ1) is 27.2. The number of carbonyl (C=O) groups is 1. The predicted molar refractivity (Wildman–Crippen MR) is 152 cm³/mol. The highest BCUT2D eigenvalue weighted by Crippen LogP contribution is 2.40. The predicted octanol–water partition coefficient (Wildman–Crippen LogP) is 4.94. The van der Waals surface area contributed by atoms with Gasteiger partial charge in [-0.25, -0.2) is 14.4 Å². The Balaban J connectivity index is 1.91. The molecule has 3 aromatic rings. The molecule has 2 N–H and O–H groups in total. The van der Waals surface area contributed by atoms with Gasteiger partial charge in [0.05, 0.1) is 22.2 Å². The number of fused-ring (bicyclic) bond motifs is 1. The molecule has 8 nitrogen and oxygen atoms in total. The number of amidine groups is 1. The third-order valence-electron chi connectivity index (χ3n) is 5.96. The van der Waals surface area contributed by atoms with Gasteiger partial charge in [0.25, 0.3) is 5.91 Å². The van der Waals surface area contributed by atoms with Gasteiger partial charge in [0, 0.05) is 36.5 Å². The zero-order valence-corrected chi connectivity index (χ0v) is 23.1. The second kappa shape index (κ2) is 11.3. The monoisotopic (exact) mass is 550 g/mol. The van der Waals surface area contributed by atoms with Gasteiger partial charge in [0.2, 0.25) is 5.16 Å². The van der Waals surface area contributed by atoms with Gasteiger partial charge in [-0.15, -0.1) is 0 Å². The van der Waals surface area contributed by atoms with Crippen molar-refractivity contribution >= 4 is 45.1 Å². The molecule has 0 spiro atoms. The van der Waals surface area contributed by atoms with E-state index in [-0.39, 0.29) is 11.1 Å². The molecular weight excluding hydrogens is 523 g/mol. The van der Waals surface area contributed by atoms with E-state index in [0.29, 0.717) is 57.0 Å². The number of amides is 1. The number of hydrogen-bond acceptors (Lipinski definition) is 8. The molecule has 0 radical (unpaired) electrons. The number of para-hydroxylation sites is 1. The number of aromatic nitrogens is 2. The second-order valence-electron chi connectivity index (χ2n) is 8.45. The van der Waals surface area contributed by atoms with Gasteiger partial charge in [-0.05, 0) is 48.6 Å². The van der Waals surface area contributed by atoms with E-state index in [1.54, 1.807) is 48.5 Å². The molecular formula is C27H27FN6O2S2. The van der Waals surface area contributed by atoms with Gasteiger partial charge in [0.15, 0.2) is 5.17 Å². The first-order chi connectivity index (χ1) is 18.2. The number of carbonyl (C=O) groups excluding carboxylic acids is 1. The molecule has 1 aromatic heterocycles. The minimum Gasteiger partial charge on any atom is -0.367 e. The summed E-state index contributed by atoms with van der Waals surface area (Å²) in [6.07, 6.45) is 1.49. The number of anilines is 2. The van der Waals surface area contributed by atoms with Gasteiger partial charge >= 0.3 is 0 Å². The zero-order valence-electron chi connectivity index (χ0n) is 21.5. The minimum absolute atomic E-state index is 0.0875. The molecule has 0 bridgehead atoms. The molecule has 4 rings (SSSR count). The van der Waals surface area contributed by atoms with E-state index in [1.807, 2.05) is 13.0 Å². The number of nitrogens with one attached hydrogen (secondary N) is 2. The van der Waals surface area contributed by atoms with Crippen LogP contribution >= 0.6 is 11.8 Å². The van der Waals surface area contributed by atoms with Gasteiger partial charge in [-0.2, -0.15) is 0 Å². The van der Waals surface area contributed by atoms with Crippen molar-refractivity contribution in [2.45, 2.75) is 25.5 Å². The topological polar surface area (TPSA) is 99.6 Å². The van der Waals surface area contributed by atoms with Gasteiger partial charge in [-0.1, -0.05) is 43.1 Å². The number of aryl methyl sites for hydroxylation is 2. The second-order valence-corrected chi connectivity index (χ2v) is 10.7. The summed E-state index contributed by atoms with van der Waals surface area (Å²) in [5.41, 5.74) is 4.02. The number of halogens is 1. The van der Waals surface area contributed by atoms with Crippen LogP contribution in [0.3, 0.4) is 0 Å². The van der Waals surface area contributed by atoms with Gasteiger partial charge in [-0.3, -0.25) is 18.9 Å². The number of benzene rings is 2. The number of rotatable bonds is 5. The van der Waals surface area contributed by atoms with Crippen LogP contribution in [0.2, 0.25) is 0 Å². The summed E-state index contributed by atoms with van der Waals surface area (Å²) in [5.74, 6) is 0.0209. The highest BCUT2D eigenvalue weighted by Gasteiger charge is 2.31. The Morgan fingerprint density at radius 3 is 2.68 bits per heavy atom. The molecule has 11 heteroatoms.